The number of rotatable bonds is 11. The van der Waals surface area contributed by atoms with Crippen LogP contribution in [-0.2, 0) is 17.8 Å². The van der Waals surface area contributed by atoms with Gasteiger partial charge < -0.3 is 19.3 Å². The molecule has 0 aliphatic carbocycles. The number of carbonyl (C=O) groups is 2. The van der Waals surface area contributed by atoms with E-state index in [4.69, 9.17) is 14.2 Å². The number of benzene rings is 3. The molecule has 1 N–H and O–H groups in total. The van der Waals surface area contributed by atoms with Crippen molar-refractivity contribution in [3.05, 3.63) is 100 Å². The molecule has 0 radical (unpaired) electrons. The van der Waals surface area contributed by atoms with Gasteiger partial charge in [-0.3, -0.25) is 4.79 Å². The summed E-state index contributed by atoms with van der Waals surface area (Å²) in [5.41, 5.74) is 2.49. The normalized spacial score (nSPS) is 11.7. The van der Waals surface area contributed by atoms with Crippen LogP contribution in [0.4, 0.5) is 4.39 Å². The molecule has 0 aliphatic heterocycles. The van der Waals surface area contributed by atoms with Crippen molar-refractivity contribution in [2.75, 3.05) is 7.11 Å². The highest BCUT2D eigenvalue weighted by Gasteiger charge is 2.26. The lowest BCUT2D eigenvalue weighted by Gasteiger charge is -2.18. The predicted octanol–water partition coefficient (Wildman–Crippen LogP) is 6.73. The summed E-state index contributed by atoms with van der Waals surface area (Å²) in [5, 5.41) is 10.6. The molecule has 0 amide bonds. The third kappa shape index (κ3) is 6.36. The maximum Gasteiger partial charge on any atom is 0.345 e. The van der Waals surface area contributed by atoms with Gasteiger partial charge in [0.1, 0.15) is 41.4 Å². The first-order valence-corrected chi connectivity index (χ1v) is 13.9. The number of fused-ring (bicyclic) bond motifs is 1. The van der Waals surface area contributed by atoms with E-state index in [9.17, 15) is 19.1 Å². The number of nitrogens with zero attached hydrogens (tertiary/aromatic N) is 2. The Morgan fingerprint density at radius 3 is 2.54 bits per heavy atom. The van der Waals surface area contributed by atoms with E-state index in [1.807, 2.05) is 24.3 Å². The highest BCUT2D eigenvalue weighted by Crippen LogP contribution is 2.44. The molecular formula is C30H22BrFN2O6S. The molecule has 0 aliphatic rings. The van der Waals surface area contributed by atoms with Crippen LogP contribution in [0.2, 0.25) is 0 Å². The number of halogens is 2. The molecule has 0 saturated carbocycles. The maximum atomic E-state index is 13.5. The molecule has 0 fully saturated rings. The number of aldehydes is 1. The van der Waals surface area contributed by atoms with Crippen LogP contribution in [0.25, 0.3) is 20.7 Å². The average molecular weight is 637 g/mol. The van der Waals surface area contributed by atoms with Crippen LogP contribution in [0.15, 0.2) is 77.5 Å². The van der Waals surface area contributed by atoms with Crippen LogP contribution in [0.1, 0.15) is 21.5 Å². The van der Waals surface area contributed by atoms with Gasteiger partial charge in [0.15, 0.2) is 0 Å². The number of carboxylic acids is 1. The van der Waals surface area contributed by atoms with E-state index in [1.54, 1.807) is 37.4 Å². The van der Waals surface area contributed by atoms with Crippen molar-refractivity contribution in [2.24, 2.45) is 0 Å². The van der Waals surface area contributed by atoms with Gasteiger partial charge in [0.25, 0.3) is 0 Å². The Hall–Kier alpha value is -4.35. The summed E-state index contributed by atoms with van der Waals surface area (Å²) in [6.45, 7) is 0.219. The SMILES string of the molecule is COc1ccc(COc2ccc(C=O)cc2CC(Oc2ncnc3sc(-c4ccc(F)cc4)c(Br)c23)C(=O)O)cc1. The minimum atomic E-state index is -1.36. The molecule has 0 saturated heterocycles. The van der Waals surface area contributed by atoms with Gasteiger partial charge in [0, 0.05) is 12.0 Å². The lowest BCUT2D eigenvalue weighted by atomic mass is 10.0. The molecule has 1 atom stereocenters. The summed E-state index contributed by atoms with van der Waals surface area (Å²) in [4.78, 5) is 33.7. The fourth-order valence-corrected chi connectivity index (χ4v) is 6.11. The number of hydrogen-bond acceptors (Lipinski definition) is 8. The highest BCUT2D eigenvalue weighted by molar-refractivity contribution is 9.10. The summed E-state index contributed by atoms with van der Waals surface area (Å²) < 4.78 is 31.2. The van der Waals surface area contributed by atoms with Gasteiger partial charge in [0.2, 0.25) is 12.0 Å². The number of ether oxygens (including phenoxy) is 3. The van der Waals surface area contributed by atoms with E-state index >= 15 is 0 Å². The van der Waals surface area contributed by atoms with Gasteiger partial charge in [-0.15, -0.1) is 11.3 Å². The topological polar surface area (TPSA) is 108 Å². The van der Waals surface area contributed by atoms with Crippen molar-refractivity contribution in [2.45, 2.75) is 19.1 Å². The van der Waals surface area contributed by atoms with E-state index in [2.05, 4.69) is 25.9 Å². The Bertz CT molecular complexity index is 1710. The molecule has 208 valence electrons. The highest BCUT2D eigenvalue weighted by atomic mass is 79.9. The summed E-state index contributed by atoms with van der Waals surface area (Å²) in [7, 11) is 1.58. The van der Waals surface area contributed by atoms with Gasteiger partial charge in [-0.05, 0) is 75.1 Å². The van der Waals surface area contributed by atoms with Crippen molar-refractivity contribution in [3.8, 4) is 27.8 Å². The Labute approximate surface area is 246 Å². The monoisotopic (exact) mass is 636 g/mol. The molecular weight excluding hydrogens is 615 g/mol. The zero-order chi connectivity index (χ0) is 28.9. The second-order valence-electron chi connectivity index (χ2n) is 8.88. The number of carbonyl (C=O) groups excluding carboxylic acids is 1. The quantitative estimate of drug-likeness (QED) is 0.159. The van der Waals surface area contributed by atoms with Crippen LogP contribution >= 0.6 is 27.3 Å². The van der Waals surface area contributed by atoms with Crippen LogP contribution in [-0.4, -0.2) is 40.5 Å². The third-order valence-corrected chi connectivity index (χ3v) is 8.41. The fraction of sp³-hybridized carbons (Fsp3) is 0.133. The second kappa shape index (κ2) is 12.4. The van der Waals surface area contributed by atoms with E-state index in [0.29, 0.717) is 43.6 Å². The number of aliphatic carboxylic acids is 1. The summed E-state index contributed by atoms with van der Waals surface area (Å²) in [6, 6.07) is 18.2. The first-order valence-electron chi connectivity index (χ1n) is 12.3. The molecule has 5 aromatic rings. The Kier molecular flexibility index (Phi) is 8.55. The van der Waals surface area contributed by atoms with E-state index < -0.39 is 12.1 Å². The van der Waals surface area contributed by atoms with Crippen molar-refractivity contribution in [1.29, 1.82) is 0 Å². The van der Waals surface area contributed by atoms with Crippen LogP contribution < -0.4 is 14.2 Å². The number of methoxy groups -OCH3 is 1. The third-order valence-electron chi connectivity index (χ3n) is 6.21. The smallest absolute Gasteiger partial charge is 0.345 e. The molecule has 2 heterocycles. The maximum absolute atomic E-state index is 13.5. The van der Waals surface area contributed by atoms with Crippen LogP contribution in [0, 0.1) is 5.82 Å². The summed E-state index contributed by atoms with van der Waals surface area (Å²) in [5.74, 6) is -0.368. The second-order valence-corrected chi connectivity index (χ2v) is 10.7. The average Bonchev–Trinajstić information content (AvgIpc) is 3.33. The van der Waals surface area contributed by atoms with Gasteiger partial charge in [-0.25, -0.2) is 19.2 Å². The molecule has 2 aromatic heterocycles. The first-order chi connectivity index (χ1) is 19.9. The van der Waals surface area contributed by atoms with Crippen molar-refractivity contribution in [3.63, 3.8) is 0 Å². The molecule has 11 heteroatoms. The number of carboxylic acid groups (broad SMARTS) is 1. The van der Waals surface area contributed by atoms with E-state index in [-0.39, 0.29) is 24.7 Å². The Balaban J connectivity index is 1.43. The minimum Gasteiger partial charge on any atom is -0.497 e. The number of aromatic nitrogens is 2. The number of thiophene rings is 1. The summed E-state index contributed by atoms with van der Waals surface area (Å²) in [6.07, 6.45) is 0.512. The fourth-order valence-electron chi connectivity index (χ4n) is 4.12. The molecule has 5 rings (SSSR count). The molecule has 3 aromatic carbocycles. The van der Waals surface area contributed by atoms with Crippen molar-refractivity contribution >= 4 is 49.7 Å². The van der Waals surface area contributed by atoms with E-state index in [1.165, 1.54) is 29.8 Å². The zero-order valence-corrected chi connectivity index (χ0v) is 23.9. The standard InChI is InChI=1S/C30H22BrFN2O6S/c1-38-22-9-2-17(3-10-22)15-39-23-11-4-18(14-35)12-20(23)13-24(30(36)37)40-28-25-26(31)27(41-29(25)34-16-33-28)19-5-7-21(32)8-6-19/h2-12,14,16,24H,13,15H2,1H3,(H,36,37). The van der Waals surface area contributed by atoms with Crippen LogP contribution in [0.3, 0.4) is 0 Å². The van der Waals surface area contributed by atoms with Crippen molar-refractivity contribution < 1.29 is 33.3 Å². The van der Waals surface area contributed by atoms with Gasteiger partial charge >= 0.3 is 5.97 Å². The van der Waals surface area contributed by atoms with E-state index in [0.717, 1.165) is 16.0 Å². The lowest BCUT2D eigenvalue weighted by molar-refractivity contribution is -0.145. The number of hydrogen-bond donors (Lipinski definition) is 1. The molecule has 8 nitrogen and oxygen atoms in total. The summed E-state index contributed by atoms with van der Waals surface area (Å²) >= 11 is 4.91. The zero-order valence-electron chi connectivity index (χ0n) is 21.5. The van der Waals surface area contributed by atoms with Crippen LogP contribution in [0.5, 0.6) is 17.4 Å². The van der Waals surface area contributed by atoms with Crippen molar-refractivity contribution in [1.82, 2.24) is 9.97 Å². The lowest BCUT2D eigenvalue weighted by Crippen LogP contribution is -2.30. The predicted molar refractivity (Wildman–Crippen MR) is 155 cm³/mol. The largest absolute Gasteiger partial charge is 0.497 e. The molecule has 0 spiro atoms. The first kappa shape index (κ1) is 28.2. The molecule has 0 bridgehead atoms. The van der Waals surface area contributed by atoms with Gasteiger partial charge in [-0.2, -0.15) is 0 Å². The minimum absolute atomic E-state index is 0.0751. The van der Waals surface area contributed by atoms with Gasteiger partial charge in [-0.1, -0.05) is 24.3 Å². The molecule has 41 heavy (non-hydrogen) atoms. The van der Waals surface area contributed by atoms with Gasteiger partial charge in [0.05, 0.1) is 21.8 Å². The molecule has 1 unspecified atom stereocenters. The Morgan fingerprint density at radius 1 is 1.10 bits per heavy atom. The Morgan fingerprint density at radius 2 is 1.85 bits per heavy atom.